The number of aliphatic imine (C=N–C) groups is 1. The van der Waals surface area contributed by atoms with E-state index in [9.17, 15) is 9.59 Å². The zero-order valence-corrected chi connectivity index (χ0v) is 20.0. The average Bonchev–Trinajstić information content (AvgIpc) is 3.00. The molecule has 0 unspecified atom stereocenters. The van der Waals surface area contributed by atoms with E-state index in [-0.39, 0.29) is 11.8 Å². The van der Waals surface area contributed by atoms with E-state index in [1.54, 1.807) is 30.3 Å². The summed E-state index contributed by atoms with van der Waals surface area (Å²) >= 11 is 6.26. The summed E-state index contributed by atoms with van der Waals surface area (Å²) in [6.45, 7) is 7.57. The first kappa shape index (κ1) is 24.0. The Morgan fingerprint density at radius 3 is 2.36 bits per heavy atom. The van der Waals surface area contributed by atoms with Gasteiger partial charge in [-0.3, -0.25) is 19.6 Å². The number of halogens is 1. The number of aromatic nitrogens is 2. The van der Waals surface area contributed by atoms with Gasteiger partial charge < -0.3 is 10.6 Å². The number of anilines is 2. The number of hydrogen-bond acceptors (Lipinski definition) is 4. The SMILES string of the molecule is CC(=O)Nc1ccc(C(=O)NC(=NCc2c(C)nn(C)c2C)Nc2cccc(Cl)c2C)cc1. The van der Waals surface area contributed by atoms with E-state index >= 15 is 0 Å². The molecule has 0 radical (unpaired) electrons. The molecule has 33 heavy (non-hydrogen) atoms. The summed E-state index contributed by atoms with van der Waals surface area (Å²) in [5, 5.41) is 13.8. The summed E-state index contributed by atoms with van der Waals surface area (Å²) in [6, 6.07) is 12.1. The zero-order valence-electron chi connectivity index (χ0n) is 19.3. The summed E-state index contributed by atoms with van der Waals surface area (Å²) in [4.78, 5) is 28.8. The quantitative estimate of drug-likeness (QED) is 0.384. The smallest absolute Gasteiger partial charge is 0.257 e. The lowest BCUT2D eigenvalue weighted by molar-refractivity contribution is -0.114. The van der Waals surface area contributed by atoms with Crippen LogP contribution in [0.15, 0.2) is 47.5 Å². The van der Waals surface area contributed by atoms with Crippen LogP contribution < -0.4 is 16.0 Å². The van der Waals surface area contributed by atoms with Crippen LogP contribution in [0.4, 0.5) is 11.4 Å². The van der Waals surface area contributed by atoms with Crippen LogP contribution in [0.2, 0.25) is 5.02 Å². The Balaban J connectivity index is 1.86. The molecule has 1 heterocycles. The Labute approximate surface area is 198 Å². The number of benzene rings is 2. The van der Waals surface area contributed by atoms with Crippen molar-refractivity contribution in [2.24, 2.45) is 12.0 Å². The number of carbonyl (C=O) groups excluding carboxylic acids is 2. The Morgan fingerprint density at radius 2 is 1.76 bits per heavy atom. The maximum atomic E-state index is 12.9. The van der Waals surface area contributed by atoms with Crippen molar-refractivity contribution in [2.75, 3.05) is 10.6 Å². The molecule has 9 heteroatoms. The summed E-state index contributed by atoms with van der Waals surface area (Å²) in [6.07, 6.45) is 0. The van der Waals surface area contributed by atoms with Crippen LogP contribution in [0, 0.1) is 20.8 Å². The van der Waals surface area contributed by atoms with Gasteiger partial charge in [0.25, 0.3) is 5.91 Å². The molecule has 0 aliphatic heterocycles. The summed E-state index contributed by atoms with van der Waals surface area (Å²) in [7, 11) is 1.89. The van der Waals surface area contributed by atoms with Gasteiger partial charge in [0.15, 0.2) is 0 Å². The summed E-state index contributed by atoms with van der Waals surface area (Å²) < 4.78 is 1.81. The Bertz CT molecular complexity index is 1210. The fraction of sp³-hybridized carbons (Fsp3) is 0.250. The molecular formula is C24H27ClN6O2. The van der Waals surface area contributed by atoms with Crippen molar-refractivity contribution in [3.05, 3.63) is 75.6 Å². The van der Waals surface area contributed by atoms with Crippen LogP contribution in [0.5, 0.6) is 0 Å². The molecule has 0 atom stereocenters. The molecule has 172 valence electrons. The fourth-order valence-corrected chi connectivity index (χ4v) is 3.45. The highest BCUT2D eigenvalue weighted by molar-refractivity contribution is 6.31. The first-order valence-electron chi connectivity index (χ1n) is 10.4. The molecule has 3 rings (SSSR count). The van der Waals surface area contributed by atoms with Gasteiger partial charge in [-0.25, -0.2) is 4.99 Å². The van der Waals surface area contributed by atoms with Gasteiger partial charge in [-0.15, -0.1) is 0 Å². The van der Waals surface area contributed by atoms with Crippen LogP contribution in [-0.4, -0.2) is 27.6 Å². The van der Waals surface area contributed by atoms with E-state index in [0.717, 1.165) is 28.2 Å². The predicted octanol–water partition coefficient (Wildman–Crippen LogP) is 4.36. The van der Waals surface area contributed by atoms with Crippen LogP contribution >= 0.6 is 11.6 Å². The van der Waals surface area contributed by atoms with Crippen molar-refractivity contribution >= 4 is 40.7 Å². The lowest BCUT2D eigenvalue weighted by Crippen LogP contribution is -2.36. The van der Waals surface area contributed by atoms with E-state index in [1.165, 1.54) is 6.92 Å². The lowest BCUT2D eigenvalue weighted by atomic mass is 10.2. The van der Waals surface area contributed by atoms with Crippen LogP contribution in [0.25, 0.3) is 0 Å². The molecule has 0 aliphatic rings. The number of carbonyl (C=O) groups is 2. The van der Waals surface area contributed by atoms with Crippen molar-refractivity contribution in [1.29, 1.82) is 0 Å². The standard InChI is InChI=1S/C24H27ClN6O2/c1-14-21(25)7-6-8-22(14)28-24(26-13-20-15(2)30-31(5)16(20)3)29-23(33)18-9-11-19(12-10-18)27-17(4)32/h6-12H,13H2,1-5H3,(H,27,32)(H2,26,28,29,33). The predicted molar refractivity (Wildman–Crippen MR) is 132 cm³/mol. The van der Waals surface area contributed by atoms with E-state index < -0.39 is 0 Å². The molecular weight excluding hydrogens is 440 g/mol. The van der Waals surface area contributed by atoms with Gasteiger partial charge in [0.05, 0.1) is 12.2 Å². The molecule has 2 aromatic carbocycles. The van der Waals surface area contributed by atoms with Crippen LogP contribution in [0.1, 0.15) is 39.8 Å². The molecule has 0 spiro atoms. The third-order valence-electron chi connectivity index (χ3n) is 5.27. The molecule has 0 aliphatic carbocycles. The highest BCUT2D eigenvalue weighted by Crippen LogP contribution is 2.23. The van der Waals surface area contributed by atoms with Gasteiger partial charge in [-0.1, -0.05) is 17.7 Å². The van der Waals surface area contributed by atoms with Crippen molar-refractivity contribution < 1.29 is 9.59 Å². The number of aryl methyl sites for hydroxylation is 2. The summed E-state index contributed by atoms with van der Waals surface area (Å²) in [5.74, 6) is -0.224. The van der Waals surface area contributed by atoms with Gasteiger partial charge in [0, 0.05) is 47.2 Å². The molecule has 3 N–H and O–H groups in total. The Morgan fingerprint density at radius 1 is 1.06 bits per heavy atom. The second-order valence-electron chi connectivity index (χ2n) is 7.69. The van der Waals surface area contributed by atoms with Crippen molar-refractivity contribution in [1.82, 2.24) is 15.1 Å². The van der Waals surface area contributed by atoms with Crippen molar-refractivity contribution in [3.8, 4) is 0 Å². The maximum absolute atomic E-state index is 12.9. The van der Waals surface area contributed by atoms with Gasteiger partial charge in [0.2, 0.25) is 11.9 Å². The number of amides is 2. The second-order valence-corrected chi connectivity index (χ2v) is 8.10. The first-order chi connectivity index (χ1) is 15.7. The molecule has 8 nitrogen and oxygen atoms in total. The average molecular weight is 467 g/mol. The molecule has 0 fully saturated rings. The maximum Gasteiger partial charge on any atom is 0.257 e. The number of nitrogens with zero attached hydrogens (tertiary/aromatic N) is 3. The third kappa shape index (κ3) is 5.98. The lowest BCUT2D eigenvalue weighted by Gasteiger charge is -2.14. The first-order valence-corrected chi connectivity index (χ1v) is 10.8. The minimum Gasteiger partial charge on any atom is -0.326 e. The topological polar surface area (TPSA) is 100 Å². The fourth-order valence-electron chi connectivity index (χ4n) is 3.27. The monoisotopic (exact) mass is 466 g/mol. The number of hydrogen-bond donors (Lipinski definition) is 3. The largest absolute Gasteiger partial charge is 0.326 e. The highest BCUT2D eigenvalue weighted by Gasteiger charge is 2.14. The minimum absolute atomic E-state index is 0.177. The normalized spacial score (nSPS) is 11.3. The minimum atomic E-state index is -0.338. The van der Waals surface area contributed by atoms with Crippen LogP contribution in [-0.2, 0) is 18.4 Å². The molecule has 2 amide bonds. The van der Waals surface area contributed by atoms with Crippen molar-refractivity contribution in [3.63, 3.8) is 0 Å². The molecule has 1 aromatic heterocycles. The Kier molecular flexibility index (Phi) is 7.50. The van der Waals surface area contributed by atoms with E-state index in [0.29, 0.717) is 28.8 Å². The van der Waals surface area contributed by atoms with Crippen molar-refractivity contribution in [2.45, 2.75) is 34.2 Å². The van der Waals surface area contributed by atoms with Crippen LogP contribution in [0.3, 0.4) is 0 Å². The van der Waals surface area contributed by atoms with E-state index in [4.69, 9.17) is 11.6 Å². The van der Waals surface area contributed by atoms with E-state index in [2.05, 4.69) is 26.0 Å². The molecule has 0 saturated carbocycles. The van der Waals surface area contributed by atoms with E-state index in [1.807, 2.05) is 44.6 Å². The van der Waals surface area contributed by atoms with Gasteiger partial charge in [-0.2, -0.15) is 5.10 Å². The van der Waals surface area contributed by atoms with Gasteiger partial charge >= 0.3 is 0 Å². The number of rotatable bonds is 5. The van der Waals surface area contributed by atoms with Gasteiger partial charge in [-0.05, 0) is 62.7 Å². The third-order valence-corrected chi connectivity index (χ3v) is 5.68. The zero-order chi connectivity index (χ0) is 24.1. The summed E-state index contributed by atoms with van der Waals surface area (Å²) in [5.41, 5.74) is 5.51. The number of nitrogens with one attached hydrogen (secondary N) is 3. The Hall–Kier alpha value is -3.65. The molecule has 0 bridgehead atoms. The molecule has 0 saturated heterocycles. The number of guanidine groups is 1. The highest BCUT2D eigenvalue weighted by atomic mass is 35.5. The molecule has 3 aromatic rings. The second kappa shape index (κ2) is 10.3. The van der Waals surface area contributed by atoms with Gasteiger partial charge in [0.1, 0.15) is 0 Å².